The van der Waals surface area contributed by atoms with Crippen LogP contribution in [0.2, 0.25) is 0 Å². The summed E-state index contributed by atoms with van der Waals surface area (Å²) in [6.45, 7) is 10.6. The second-order valence-corrected chi connectivity index (χ2v) is 5.11. The summed E-state index contributed by atoms with van der Waals surface area (Å²) in [5, 5.41) is 3.09. The van der Waals surface area contributed by atoms with Crippen molar-refractivity contribution >= 4 is 5.97 Å². The van der Waals surface area contributed by atoms with Gasteiger partial charge in [0.1, 0.15) is 5.54 Å². The molecule has 0 aliphatic heterocycles. The molecule has 0 saturated heterocycles. The number of ether oxygens (including phenoxy) is 1. The fourth-order valence-corrected chi connectivity index (χ4v) is 1.82. The van der Waals surface area contributed by atoms with Crippen LogP contribution < -0.4 is 5.32 Å². The van der Waals surface area contributed by atoms with Gasteiger partial charge in [0.15, 0.2) is 0 Å². The van der Waals surface area contributed by atoms with Crippen LogP contribution in [0.1, 0.15) is 41.0 Å². The van der Waals surface area contributed by atoms with E-state index >= 15 is 0 Å². The highest BCUT2D eigenvalue weighted by atomic mass is 16.5. The van der Waals surface area contributed by atoms with E-state index in [0.29, 0.717) is 18.7 Å². The lowest BCUT2D eigenvalue weighted by Gasteiger charge is -2.35. The van der Waals surface area contributed by atoms with E-state index in [2.05, 4.69) is 38.0 Å². The molecular weight excluding hydrogens is 216 g/mol. The molecule has 0 amide bonds. The maximum atomic E-state index is 11.9. The summed E-state index contributed by atoms with van der Waals surface area (Å²) in [4.78, 5) is 14.2. The zero-order valence-corrected chi connectivity index (χ0v) is 12.3. The van der Waals surface area contributed by atoms with E-state index in [4.69, 9.17) is 4.74 Å². The molecule has 0 aromatic rings. The van der Waals surface area contributed by atoms with Crippen LogP contribution in [-0.4, -0.2) is 49.2 Å². The van der Waals surface area contributed by atoms with E-state index < -0.39 is 5.54 Å². The first-order valence-electron chi connectivity index (χ1n) is 6.36. The Morgan fingerprint density at radius 1 is 1.41 bits per heavy atom. The van der Waals surface area contributed by atoms with Crippen molar-refractivity contribution in [3.8, 4) is 0 Å². The third-order valence-corrected chi connectivity index (χ3v) is 3.49. The molecule has 0 aliphatic carbocycles. The second-order valence-electron chi connectivity index (χ2n) is 5.11. The number of nitrogens with one attached hydrogen (secondary N) is 1. The molecule has 0 heterocycles. The molecule has 0 rings (SSSR count). The van der Waals surface area contributed by atoms with E-state index in [9.17, 15) is 4.79 Å². The normalized spacial score (nSPS) is 17.0. The van der Waals surface area contributed by atoms with E-state index in [1.165, 1.54) is 0 Å². The van der Waals surface area contributed by atoms with Crippen LogP contribution in [0.4, 0.5) is 0 Å². The van der Waals surface area contributed by atoms with Gasteiger partial charge >= 0.3 is 5.97 Å². The minimum absolute atomic E-state index is 0.175. The van der Waals surface area contributed by atoms with Crippen molar-refractivity contribution in [2.24, 2.45) is 0 Å². The number of hydrogen-bond acceptors (Lipinski definition) is 4. The number of nitrogens with zero attached hydrogens (tertiary/aromatic N) is 1. The number of carbonyl (C=O) groups is 1. The first-order chi connectivity index (χ1) is 7.78. The highest BCUT2D eigenvalue weighted by Gasteiger charge is 2.35. The summed E-state index contributed by atoms with van der Waals surface area (Å²) in [5.74, 6) is -0.175. The van der Waals surface area contributed by atoms with Gasteiger partial charge in [-0.25, -0.2) is 0 Å². The van der Waals surface area contributed by atoms with Gasteiger partial charge in [0.05, 0.1) is 6.61 Å². The van der Waals surface area contributed by atoms with Crippen molar-refractivity contribution in [2.75, 3.05) is 20.7 Å². The minimum Gasteiger partial charge on any atom is -0.465 e. The summed E-state index contributed by atoms with van der Waals surface area (Å²) in [5.41, 5.74) is -0.613. The molecule has 2 unspecified atom stereocenters. The first kappa shape index (κ1) is 16.4. The summed E-state index contributed by atoms with van der Waals surface area (Å²) in [7, 11) is 3.88. The molecule has 0 spiro atoms. The zero-order valence-electron chi connectivity index (χ0n) is 12.3. The molecule has 0 saturated carbocycles. The van der Waals surface area contributed by atoms with Crippen molar-refractivity contribution in [2.45, 2.75) is 58.7 Å². The van der Waals surface area contributed by atoms with E-state index in [1.54, 1.807) is 7.05 Å². The van der Waals surface area contributed by atoms with Gasteiger partial charge in [-0.2, -0.15) is 0 Å². The predicted molar refractivity (Wildman–Crippen MR) is 71.1 cm³/mol. The number of likely N-dealkylation sites (N-methyl/N-ethyl adjacent to an activating group) is 1. The highest BCUT2D eigenvalue weighted by Crippen LogP contribution is 2.18. The Balaban J connectivity index is 4.62. The van der Waals surface area contributed by atoms with Gasteiger partial charge in [-0.15, -0.1) is 0 Å². The molecule has 0 fully saturated rings. The Morgan fingerprint density at radius 2 is 1.94 bits per heavy atom. The molecule has 0 aromatic carbocycles. The minimum atomic E-state index is -0.613. The van der Waals surface area contributed by atoms with Gasteiger partial charge in [-0.1, -0.05) is 0 Å². The summed E-state index contributed by atoms with van der Waals surface area (Å²) < 4.78 is 5.12. The molecule has 0 bridgehead atoms. The smallest absolute Gasteiger partial charge is 0.326 e. The molecule has 0 aliphatic rings. The van der Waals surface area contributed by atoms with Crippen molar-refractivity contribution in [1.29, 1.82) is 0 Å². The fraction of sp³-hybridized carbons (Fsp3) is 0.923. The monoisotopic (exact) mass is 244 g/mol. The Kier molecular flexibility index (Phi) is 6.72. The van der Waals surface area contributed by atoms with Crippen LogP contribution in [0.5, 0.6) is 0 Å². The molecule has 0 aromatic heterocycles. The fourth-order valence-electron chi connectivity index (χ4n) is 1.82. The Labute approximate surface area is 106 Å². The van der Waals surface area contributed by atoms with Crippen LogP contribution >= 0.6 is 0 Å². The molecule has 4 heteroatoms. The summed E-state index contributed by atoms with van der Waals surface area (Å²) >= 11 is 0. The van der Waals surface area contributed by atoms with E-state index in [1.807, 2.05) is 13.8 Å². The van der Waals surface area contributed by atoms with Gasteiger partial charge in [0.2, 0.25) is 0 Å². The molecule has 17 heavy (non-hydrogen) atoms. The summed E-state index contributed by atoms with van der Waals surface area (Å²) in [6.07, 6.45) is 0.733. The van der Waals surface area contributed by atoms with Crippen molar-refractivity contribution in [1.82, 2.24) is 10.2 Å². The lowest BCUT2D eigenvalue weighted by molar-refractivity contribution is -0.151. The largest absolute Gasteiger partial charge is 0.465 e. The predicted octanol–water partition coefficient (Wildman–Crippen LogP) is 1.65. The SMILES string of the molecule is CCOC(=O)C(C)(CC(C)N(C)C(C)C)NC. The molecule has 0 radical (unpaired) electrons. The van der Waals surface area contributed by atoms with Gasteiger partial charge in [0, 0.05) is 12.1 Å². The lowest BCUT2D eigenvalue weighted by atomic mass is 9.93. The Morgan fingerprint density at radius 3 is 2.29 bits per heavy atom. The van der Waals surface area contributed by atoms with Gasteiger partial charge in [0.25, 0.3) is 0 Å². The van der Waals surface area contributed by atoms with Crippen LogP contribution in [0.25, 0.3) is 0 Å². The van der Waals surface area contributed by atoms with Gasteiger partial charge in [-0.3, -0.25) is 4.79 Å². The molecule has 2 atom stereocenters. The Bertz CT molecular complexity index is 244. The number of hydrogen-bond donors (Lipinski definition) is 1. The average molecular weight is 244 g/mol. The standard InChI is InChI=1S/C13H28N2O2/c1-8-17-12(16)13(5,14-6)9-11(4)15(7)10(2)3/h10-11,14H,8-9H2,1-7H3. The molecule has 1 N–H and O–H groups in total. The second kappa shape index (κ2) is 6.97. The summed E-state index contributed by atoms with van der Waals surface area (Å²) in [6, 6.07) is 0.783. The van der Waals surface area contributed by atoms with Gasteiger partial charge < -0.3 is 15.0 Å². The van der Waals surface area contributed by atoms with Crippen LogP contribution in [0, 0.1) is 0 Å². The Hall–Kier alpha value is -0.610. The number of esters is 1. The van der Waals surface area contributed by atoms with Crippen LogP contribution in [-0.2, 0) is 9.53 Å². The van der Waals surface area contributed by atoms with Crippen molar-refractivity contribution < 1.29 is 9.53 Å². The third kappa shape index (κ3) is 4.64. The quantitative estimate of drug-likeness (QED) is 0.691. The van der Waals surface area contributed by atoms with E-state index in [0.717, 1.165) is 6.42 Å². The molecular formula is C13H28N2O2. The van der Waals surface area contributed by atoms with Gasteiger partial charge in [-0.05, 0) is 55.1 Å². The van der Waals surface area contributed by atoms with Crippen molar-refractivity contribution in [3.63, 3.8) is 0 Å². The topological polar surface area (TPSA) is 41.6 Å². The van der Waals surface area contributed by atoms with Crippen LogP contribution in [0.15, 0.2) is 0 Å². The zero-order chi connectivity index (χ0) is 13.6. The average Bonchev–Trinajstić information content (AvgIpc) is 2.27. The third-order valence-electron chi connectivity index (χ3n) is 3.49. The molecule has 4 nitrogen and oxygen atoms in total. The number of rotatable bonds is 7. The number of carbonyl (C=O) groups excluding carboxylic acids is 1. The maximum absolute atomic E-state index is 11.9. The van der Waals surface area contributed by atoms with Crippen molar-refractivity contribution in [3.05, 3.63) is 0 Å². The van der Waals surface area contributed by atoms with Crippen LogP contribution in [0.3, 0.4) is 0 Å². The maximum Gasteiger partial charge on any atom is 0.326 e. The molecule has 102 valence electrons. The highest BCUT2D eigenvalue weighted by molar-refractivity contribution is 5.80. The lowest BCUT2D eigenvalue weighted by Crippen LogP contribution is -2.53. The van der Waals surface area contributed by atoms with E-state index in [-0.39, 0.29) is 5.97 Å². The first-order valence-corrected chi connectivity index (χ1v) is 6.36.